The lowest BCUT2D eigenvalue weighted by molar-refractivity contribution is 0.0327. The molecule has 6 heteroatoms. The Bertz CT molecular complexity index is 1030. The van der Waals surface area contributed by atoms with Crippen molar-refractivity contribution >= 4 is 33.3 Å². The lowest BCUT2D eigenvalue weighted by Crippen LogP contribution is -2.42. The van der Waals surface area contributed by atoms with Crippen LogP contribution in [0.5, 0.6) is 0 Å². The lowest BCUT2D eigenvalue weighted by atomic mass is 9.74. The number of ether oxygens (including phenoxy) is 1. The summed E-state index contributed by atoms with van der Waals surface area (Å²) in [4.78, 5) is 22.3. The van der Waals surface area contributed by atoms with Gasteiger partial charge in [0.15, 0.2) is 0 Å². The minimum Gasteiger partial charge on any atom is -0.443 e. The predicted octanol–water partition coefficient (Wildman–Crippen LogP) is 6.36. The molecule has 0 aliphatic carbocycles. The van der Waals surface area contributed by atoms with Crippen molar-refractivity contribution in [2.45, 2.75) is 65.9 Å². The van der Waals surface area contributed by atoms with Crippen LogP contribution >= 0.6 is 11.3 Å². The standard InChI is InChI=1S/C26H37N3O2S/c1-17-8-10-21(29(15-17)24(30)31-25(2,3)4)18-9-11-22-20(14-18)27-23(32-22)19-12-13-28(7)16-26(19,5)6/h9-11,14,17,19H,8,12-13,15-16H2,1-7H3/t17-,19?/m0/s1. The van der Waals surface area contributed by atoms with E-state index in [2.05, 4.69) is 57.0 Å². The fourth-order valence-corrected chi connectivity index (χ4v) is 6.30. The molecule has 0 spiro atoms. The van der Waals surface area contributed by atoms with Crippen LogP contribution in [0.2, 0.25) is 0 Å². The second kappa shape index (κ2) is 8.45. The van der Waals surface area contributed by atoms with Gasteiger partial charge < -0.3 is 9.64 Å². The van der Waals surface area contributed by atoms with E-state index < -0.39 is 5.60 Å². The average molecular weight is 456 g/mol. The molecule has 1 unspecified atom stereocenters. The summed E-state index contributed by atoms with van der Waals surface area (Å²) >= 11 is 1.82. The van der Waals surface area contributed by atoms with Crippen LogP contribution < -0.4 is 0 Å². The topological polar surface area (TPSA) is 45.7 Å². The van der Waals surface area contributed by atoms with Crippen molar-refractivity contribution in [1.29, 1.82) is 0 Å². The van der Waals surface area contributed by atoms with Gasteiger partial charge in [-0.2, -0.15) is 0 Å². The highest BCUT2D eigenvalue weighted by molar-refractivity contribution is 7.18. The van der Waals surface area contributed by atoms with Gasteiger partial charge in [0.05, 0.1) is 20.9 Å². The highest BCUT2D eigenvalue weighted by Gasteiger charge is 2.37. The SMILES string of the molecule is C[C@H]1CC=C(c2ccc3sc(C4CCN(C)CC4(C)C)nc3c2)N(C(=O)OC(C)(C)C)C1. The second-order valence-corrected chi connectivity index (χ2v) is 12.4. The summed E-state index contributed by atoms with van der Waals surface area (Å²) in [6.07, 6.45) is 4.00. The van der Waals surface area contributed by atoms with Crippen LogP contribution in [0.1, 0.15) is 70.9 Å². The van der Waals surface area contributed by atoms with E-state index in [0.717, 1.165) is 42.7 Å². The molecule has 2 aromatic rings. The number of carbonyl (C=O) groups is 1. The molecule has 0 bridgehead atoms. The first-order chi connectivity index (χ1) is 14.9. The zero-order valence-corrected chi connectivity index (χ0v) is 21.4. The maximum atomic E-state index is 13.0. The number of fused-ring (bicyclic) bond motifs is 1. The number of likely N-dealkylation sites (tertiary alicyclic amines) is 1. The molecule has 2 aliphatic rings. The molecule has 0 saturated carbocycles. The minimum absolute atomic E-state index is 0.208. The van der Waals surface area contributed by atoms with Crippen LogP contribution in [-0.2, 0) is 4.74 Å². The van der Waals surface area contributed by atoms with Gasteiger partial charge in [-0.1, -0.05) is 32.9 Å². The molecule has 4 rings (SSSR count). The normalized spacial score (nSPS) is 24.5. The Labute approximate surface area is 196 Å². The molecule has 32 heavy (non-hydrogen) atoms. The van der Waals surface area contributed by atoms with Crippen LogP contribution in [0, 0.1) is 11.3 Å². The van der Waals surface area contributed by atoms with Crippen molar-refractivity contribution in [3.63, 3.8) is 0 Å². The summed E-state index contributed by atoms with van der Waals surface area (Å²) in [6.45, 7) is 15.5. The van der Waals surface area contributed by atoms with Crippen molar-refractivity contribution in [1.82, 2.24) is 14.8 Å². The van der Waals surface area contributed by atoms with Gasteiger partial charge in [0.1, 0.15) is 5.60 Å². The van der Waals surface area contributed by atoms with E-state index in [1.807, 2.05) is 32.1 Å². The number of nitrogens with zero attached hydrogens (tertiary/aromatic N) is 3. The first-order valence-electron chi connectivity index (χ1n) is 11.7. The molecule has 174 valence electrons. The third kappa shape index (κ3) is 4.86. The zero-order chi connectivity index (χ0) is 23.3. The Morgan fingerprint density at radius 1 is 1.28 bits per heavy atom. The summed E-state index contributed by atoms with van der Waals surface area (Å²) in [6, 6.07) is 6.44. The van der Waals surface area contributed by atoms with Crippen LogP contribution in [-0.4, -0.2) is 53.2 Å². The third-order valence-electron chi connectivity index (χ3n) is 6.53. The highest BCUT2D eigenvalue weighted by atomic mass is 32.1. The Kier molecular flexibility index (Phi) is 6.14. The predicted molar refractivity (Wildman–Crippen MR) is 133 cm³/mol. The van der Waals surface area contributed by atoms with Crippen molar-refractivity contribution in [3.8, 4) is 0 Å². The van der Waals surface area contributed by atoms with Gasteiger partial charge in [-0.05, 0) is 70.7 Å². The number of carbonyl (C=O) groups excluding carboxylic acids is 1. The Morgan fingerprint density at radius 2 is 2.03 bits per heavy atom. The van der Waals surface area contributed by atoms with E-state index in [-0.39, 0.29) is 11.5 Å². The van der Waals surface area contributed by atoms with Crippen LogP contribution in [0.3, 0.4) is 0 Å². The van der Waals surface area contributed by atoms with Gasteiger partial charge in [0.2, 0.25) is 0 Å². The lowest BCUT2D eigenvalue weighted by Gasteiger charge is -2.42. The molecule has 1 aromatic carbocycles. The Hall–Kier alpha value is -1.92. The quantitative estimate of drug-likeness (QED) is 0.529. The maximum Gasteiger partial charge on any atom is 0.414 e. The number of hydrogen-bond donors (Lipinski definition) is 0. The van der Waals surface area contributed by atoms with Crippen molar-refractivity contribution in [2.75, 3.05) is 26.7 Å². The number of rotatable bonds is 2. The first kappa shape index (κ1) is 23.2. The van der Waals surface area contributed by atoms with Gasteiger partial charge in [-0.15, -0.1) is 11.3 Å². The fourth-order valence-electron chi connectivity index (χ4n) is 5.01. The number of hydrogen-bond acceptors (Lipinski definition) is 5. The van der Waals surface area contributed by atoms with Crippen molar-refractivity contribution in [2.24, 2.45) is 11.3 Å². The molecule has 0 N–H and O–H groups in total. The van der Waals surface area contributed by atoms with E-state index in [1.54, 1.807) is 4.90 Å². The number of aromatic nitrogens is 1. The molecule has 1 fully saturated rings. The van der Waals surface area contributed by atoms with E-state index in [9.17, 15) is 4.79 Å². The largest absolute Gasteiger partial charge is 0.443 e. The summed E-state index contributed by atoms with van der Waals surface area (Å²) in [5, 5.41) is 1.24. The maximum absolute atomic E-state index is 13.0. The highest BCUT2D eigenvalue weighted by Crippen LogP contribution is 2.44. The molecule has 1 saturated heterocycles. The number of piperidine rings is 1. The monoisotopic (exact) mass is 455 g/mol. The molecule has 5 nitrogen and oxygen atoms in total. The van der Waals surface area contributed by atoms with Crippen LogP contribution in [0.15, 0.2) is 24.3 Å². The van der Waals surface area contributed by atoms with Gasteiger partial charge in [-0.3, -0.25) is 4.90 Å². The van der Waals surface area contributed by atoms with Gasteiger partial charge >= 0.3 is 6.09 Å². The Morgan fingerprint density at radius 3 is 2.72 bits per heavy atom. The number of benzene rings is 1. The average Bonchev–Trinajstić information content (AvgIpc) is 3.08. The van der Waals surface area contributed by atoms with Crippen LogP contribution in [0.4, 0.5) is 4.79 Å². The van der Waals surface area contributed by atoms with Crippen molar-refractivity contribution in [3.05, 3.63) is 34.8 Å². The van der Waals surface area contributed by atoms with E-state index in [0.29, 0.717) is 18.4 Å². The van der Waals surface area contributed by atoms with E-state index in [4.69, 9.17) is 9.72 Å². The zero-order valence-electron chi connectivity index (χ0n) is 20.6. The van der Waals surface area contributed by atoms with Gasteiger partial charge in [0.25, 0.3) is 0 Å². The summed E-state index contributed by atoms with van der Waals surface area (Å²) in [7, 11) is 2.21. The second-order valence-electron chi connectivity index (χ2n) is 11.3. The smallest absolute Gasteiger partial charge is 0.414 e. The molecule has 1 amide bonds. The Balaban J connectivity index is 1.65. The fraction of sp³-hybridized carbons (Fsp3) is 0.615. The molecular formula is C26H37N3O2S. The molecular weight excluding hydrogens is 418 g/mol. The van der Waals surface area contributed by atoms with E-state index in [1.165, 1.54) is 9.71 Å². The molecule has 2 atom stereocenters. The van der Waals surface area contributed by atoms with Gasteiger partial charge in [0, 0.05) is 24.6 Å². The molecule has 0 radical (unpaired) electrons. The summed E-state index contributed by atoms with van der Waals surface area (Å²) in [5.74, 6) is 0.889. The molecule has 2 aliphatic heterocycles. The molecule has 1 aromatic heterocycles. The number of allylic oxidation sites excluding steroid dienone is 1. The number of thiazole rings is 1. The van der Waals surface area contributed by atoms with E-state index >= 15 is 0 Å². The van der Waals surface area contributed by atoms with Crippen molar-refractivity contribution < 1.29 is 9.53 Å². The molecule has 3 heterocycles. The number of amides is 1. The first-order valence-corrected chi connectivity index (χ1v) is 12.5. The van der Waals surface area contributed by atoms with Crippen LogP contribution in [0.25, 0.3) is 15.9 Å². The summed E-state index contributed by atoms with van der Waals surface area (Å²) in [5.41, 5.74) is 2.69. The summed E-state index contributed by atoms with van der Waals surface area (Å²) < 4.78 is 6.92. The minimum atomic E-state index is -0.516. The third-order valence-corrected chi connectivity index (χ3v) is 7.68. The van der Waals surface area contributed by atoms with Gasteiger partial charge in [-0.25, -0.2) is 9.78 Å².